The number of allylic oxidation sites excluding steroid dienone is 1. The lowest BCUT2D eigenvalue weighted by molar-refractivity contribution is 0.0546. The van der Waals surface area contributed by atoms with Crippen LogP contribution in [0.25, 0.3) is 0 Å². The molecule has 0 aromatic rings. The summed E-state index contributed by atoms with van der Waals surface area (Å²) >= 11 is 0. The third-order valence-corrected chi connectivity index (χ3v) is 3.50. The average molecular weight is 240 g/mol. The third-order valence-electron chi connectivity index (χ3n) is 3.50. The first-order valence-electron chi connectivity index (χ1n) is 6.76. The lowest BCUT2D eigenvalue weighted by atomic mass is 10.1. The molecule has 1 heterocycles. The highest BCUT2D eigenvalue weighted by atomic mass is 16.5. The average Bonchev–Trinajstić information content (AvgIpc) is 2.34. The molecule has 3 heteroatoms. The minimum Gasteiger partial charge on any atom is -0.383 e. The number of methoxy groups -OCH3 is 1. The van der Waals surface area contributed by atoms with Gasteiger partial charge in [0.25, 0.3) is 0 Å². The highest BCUT2D eigenvalue weighted by molar-refractivity contribution is 4.96. The minimum absolute atomic E-state index is 0.699. The van der Waals surface area contributed by atoms with E-state index in [1.165, 1.54) is 31.6 Å². The number of piperazine rings is 1. The van der Waals surface area contributed by atoms with Crippen LogP contribution in [0.5, 0.6) is 0 Å². The maximum Gasteiger partial charge on any atom is 0.0589 e. The van der Waals surface area contributed by atoms with Gasteiger partial charge in [0.15, 0.2) is 0 Å². The van der Waals surface area contributed by atoms with Crippen LogP contribution < -0.4 is 0 Å². The second-order valence-corrected chi connectivity index (χ2v) is 5.13. The Bertz CT molecular complexity index is 236. The van der Waals surface area contributed by atoms with Gasteiger partial charge in [0.2, 0.25) is 0 Å². The molecule has 1 atom stereocenters. The van der Waals surface area contributed by atoms with Crippen LogP contribution in [-0.2, 0) is 4.74 Å². The van der Waals surface area contributed by atoms with E-state index in [0.717, 1.165) is 19.7 Å². The van der Waals surface area contributed by atoms with Crippen LogP contribution >= 0.6 is 0 Å². The van der Waals surface area contributed by atoms with Crippen molar-refractivity contribution in [3.05, 3.63) is 11.6 Å². The summed E-state index contributed by atoms with van der Waals surface area (Å²) in [4.78, 5) is 5.13. The maximum absolute atomic E-state index is 5.18. The Kier molecular flexibility index (Phi) is 6.78. The highest BCUT2D eigenvalue weighted by Crippen LogP contribution is 2.12. The number of hydrogen-bond acceptors (Lipinski definition) is 3. The normalized spacial score (nSPS) is 22.7. The maximum atomic E-state index is 5.18. The summed E-state index contributed by atoms with van der Waals surface area (Å²) < 4.78 is 5.18. The summed E-state index contributed by atoms with van der Waals surface area (Å²) in [5.41, 5.74) is 1.42. The van der Waals surface area contributed by atoms with Crippen LogP contribution in [0.4, 0.5) is 0 Å². The lowest BCUT2D eigenvalue weighted by Crippen LogP contribution is -2.53. The fraction of sp³-hybridized carbons (Fsp3) is 0.857. The van der Waals surface area contributed by atoms with E-state index in [1.54, 1.807) is 7.11 Å². The van der Waals surface area contributed by atoms with Gasteiger partial charge in [0.1, 0.15) is 0 Å². The molecule has 0 N–H and O–H groups in total. The van der Waals surface area contributed by atoms with Crippen molar-refractivity contribution in [3.8, 4) is 0 Å². The quantitative estimate of drug-likeness (QED) is 0.660. The molecule has 1 aliphatic heterocycles. The molecule has 0 saturated carbocycles. The van der Waals surface area contributed by atoms with Gasteiger partial charge in [-0.15, -0.1) is 0 Å². The van der Waals surface area contributed by atoms with Gasteiger partial charge >= 0.3 is 0 Å². The monoisotopic (exact) mass is 240 g/mol. The molecule has 1 aliphatic rings. The zero-order valence-corrected chi connectivity index (χ0v) is 11.9. The van der Waals surface area contributed by atoms with Crippen LogP contribution in [-0.4, -0.2) is 62.3 Å². The zero-order valence-electron chi connectivity index (χ0n) is 11.9. The molecule has 0 bridgehead atoms. The standard InChI is InChI=1S/C14H28N2O/c1-5-14-12-15(7-6-13(2)3)8-9-16(14)10-11-17-4/h6,14H,5,7-12H2,1-4H3/t14-/m1/s1. The lowest BCUT2D eigenvalue weighted by Gasteiger charge is -2.40. The Morgan fingerprint density at radius 2 is 2.12 bits per heavy atom. The van der Waals surface area contributed by atoms with Crippen LogP contribution in [0, 0.1) is 0 Å². The minimum atomic E-state index is 0.699. The van der Waals surface area contributed by atoms with Crippen molar-refractivity contribution in [1.82, 2.24) is 9.80 Å². The molecule has 3 nitrogen and oxygen atoms in total. The van der Waals surface area contributed by atoms with Crippen molar-refractivity contribution in [3.63, 3.8) is 0 Å². The van der Waals surface area contributed by atoms with Crippen LogP contribution in [0.2, 0.25) is 0 Å². The van der Waals surface area contributed by atoms with E-state index in [0.29, 0.717) is 6.04 Å². The summed E-state index contributed by atoms with van der Waals surface area (Å²) in [6.07, 6.45) is 3.56. The van der Waals surface area contributed by atoms with Crippen molar-refractivity contribution in [2.24, 2.45) is 0 Å². The molecule has 0 radical (unpaired) electrons. The molecular weight excluding hydrogens is 212 g/mol. The summed E-state index contributed by atoms with van der Waals surface area (Å²) in [6.45, 7) is 13.2. The Labute approximate surface area is 106 Å². The van der Waals surface area contributed by atoms with Gasteiger partial charge in [-0.3, -0.25) is 9.80 Å². The third kappa shape index (κ3) is 5.19. The molecule has 1 rings (SSSR count). The van der Waals surface area contributed by atoms with Gasteiger partial charge in [-0.05, 0) is 20.3 Å². The second-order valence-electron chi connectivity index (χ2n) is 5.13. The molecule has 100 valence electrons. The van der Waals surface area contributed by atoms with Gasteiger partial charge in [-0.1, -0.05) is 18.6 Å². The number of rotatable bonds is 6. The van der Waals surface area contributed by atoms with Crippen molar-refractivity contribution >= 4 is 0 Å². The predicted molar refractivity (Wildman–Crippen MR) is 73.4 cm³/mol. The van der Waals surface area contributed by atoms with Gasteiger partial charge < -0.3 is 4.74 Å². The van der Waals surface area contributed by atoms with Crippen LogP contribution in [0.1, 0.15) is 27.2 Å². The van der Waals surface area contributed by atoms with E-state index in [4.69, 9.17) is 4.74 Å². The van der Waals surface area contributed by atoms with Gasteiger partial charge in [-0.2, -0.15) is 0 Å². The van der Waals surface area contributed by atoms with Crippen molar-refractivity contribution in [2.75, 3.05) is 46.4 Å². The molecule has 0 unspecified atom stereocenters. The zero-order chi connectivity index (χ0) is 12.7. The Balaban J connectivity index is 2.40. The number of hydrogen-bond donors (Lipinski definition) is 0. The summed E-state index contributed by atoms with van der Waals surface area (Å²) in [5, 5.41) is 0. The number of nitrogens with zero attached hydrogens (tertiary/aromatic N) is 2. The van der Waals surface area contributed by atoms with E-state index >= 15 is 0 Å². The molecule has 0 aromatic carbocycles. The van der Waals surface area contributed by atoms with E-state index < -0.39 is 0 Å². The Hall–Kier alpha value is -0.380. The van der Waals surface area contributed by atoms with E-state index in [-0.39, 0.29) is 0 Å². The van der Waals surface area contributed by atoms with E-state index in [2.05, 4.69) is 36.6 Å². The smallest absolute Gasteiger partial charge is 0.0589 e. The fourth-order valence-electron chi connectivity index (χ4n) is 2.32. The molecular formula is C14H28N2O. The molecule has 1 fully saturated rings. The van der Waals surface area contributed by atoms with Gasteiger partial charge in [0.05, 0.1) is 6.61 Å². The first-order valence-corrected chi connectivity index (χ1v) is 6.76. The number of ether oxygens (including phenoxy) is 1. The molecule has 0 amide bonds. The molecule has 0 aliphatic carbocycles. The summed E-state index contributed by atoms with van der Waals surface area (Å²) in [5.74, 6) is 0. The highest BCUT2D eigenvalue weighted by Gasteiger charge is 2.24. The molecule has 1 saturated heterocycles. The SMILES string of the molecule is CC[C@@H]1CN(CC=C(C)C)CCN1CCOC. The Morgan fingerprint density at radius 1 is 1.35 bits per heavy atom. The first-order chi connectivity index (χ1) is 8.17. The Morgan fingerprint density at radius 3 is 2.71 bits per heavy atom. The largest absolute Gasteiger partial charge is 0.383 e. The predicted octanol–water partition coefficient (Wildman–Crippen LogP) is 2.00. The fourth-order valence-corrected chi connectivity index (χ4v) is 2.32. The topological polar surface area (TPSA) is 15.7 Å². The van der Waals surface area contributed by atoms with Crippen molar-refractivity contribution in [2.45, 2.75) is 33.2 Å². The summed E-state index contributed by atoms with van der Waals surface area (Å²) in [6, 6.07) is 0.699. The van der Waals surface area contributed by atoms with E-state index in [9.17, 15) is 0 Å². The molecule has 0 spiro atoms. The van der Waals surface area contributed by atoms with Crippen molar-refractivity contribution < 1.29 is 4.74 Å². The van der Waals surface area contributed by atoms with Gasteiger partial charge in [0, 0.05) is 45.9 Å². The summed E-state index contributed by atoms with van der Waals surface area (Å²) in [7, 11) is 1.78. The van der Waals surface area contributed by atoms with Gasteiger partial charge in [-0.25, -0.2) is 0 Å². The second kappa shape index (κ2) is 7.85. The van der Waals surface area contributed by atoms with Crippen LogP contribution in [0.3, 0.4) is 0 Å². The first kappa shape index (κ1) is 14.7. The van der Waals surface area contributed by atoms with Crippen molar-refractivity contribution in [1.29, 1.82) is 0 Å². The molecule has 0 aromatic heterocycles. The van der Waals surface area contributed by atoms with E-state index in [1.807, 2.05) is 0 Å². The van der Waals surface area contributed by atoms with Crippen LogP contribution in [0.15, 0.2) is 11.6 Å². The molecule has 17 heavy (non-hydrogen) atoms.